The number of hydrogen-bond acceptors (Lipinski definition) is 3. The van der Waals surface area contributed by atoms with E-state index < -0.39 is 5.41 Å². The Morgan fingerprint density at radius 1 is 1.39 bits per heavy atom. The zero-order valence-electron chi connectivity index (χ0n) is 10.9. The number of benzene rings is 1. The molecule has 1 aromatic carbocycles. The first kappa shape index (κ1) is 14.0. The van der Waals surface area contributed by atoms with Gasteiger partial charge in [0.2, 0.25) is 5.91 Å². The summed E-state index contributed by atoms with van der Waals surface area (Å²) in [5, 5.41) is 14.3. The molecule has 0 radical (unpaired) electrons. The molecule has 0 aliphatic heterocycles. The van der Waals surface area contributed by atoms with E-state index in [4.69, 9.17) is 10.9 Å². The molecule has 1 rings (SSSR count). The maximum atomic E-state index is 11.9. The van der Waals surface area contributed by atoms with E-state index in [0.717, 1.165) is 6.42 Å². The number of nitrogens with one attached hydrogen (secondary N) is 1. The van der Waals surface area contributed by atoms with Crippen molar-refractivity contribution in [1.82, 2.24) is 0 Å². The zero-order chi connectivity index (χ0) is 13.8. The van der Waals surface area contributed by atoms with Crippen LogP contribution in [-0.4, -0.2) is 17.0 Å². The summed E-state index contributed by atoms with van der Waals surface area (Å²) >= 11 is 0. The van der Waals surface area contributed by atoms with Gasteiger partial charge in [0.25, 0.3) is 0 Å². The van der Waals surface area contributed by atoms with Gasteiger partial charge in [0.1, 0.15) is 0 Å². The molecular formula is C13H19N3O2. The summed E-state index contributed by atoms with van der Waals surface area (Å²) in [6, 6.07) is 6.81. The van der Waals surface area contributed by atoms with Crippen LogP contribution in [-0.2, 0) is 4.79 Å². The fourth-order valence-electron chi connectivity index (χ4n) is 1.24. The van der Waals surface area contributed by atoms with Crippen LogP contribution in [0.25, 0.3) is 0 Å². The molecule has 98 valence electrons. The van der Waals surface area contributed by atoms with Crippen LogP contribution in [0.3, 0.4) is 0 Å². The largest absolute Gasteiger partial charge is 0.409 e. The Morgan fingerprint density at radius 3 is 2.39 bits per heavy atom. The third-order valence-electron chi connectivity index (χ3n) is 3.04. The van der Waals surface area contributed by atoms with Gasteiger partial charge in [-0.3, -0.25) is 4.79 Å². The predicted molar refractivity (Wildman–Crippen MR) is 71.7 cm³/mol. The van der Waals surface area contributed by atoms with Crippen LogP contribution in [0.5, 0.6) is 0 Å². The maximum absolute atomic E-state index is 11.9. The van der Waals surface area contributed by atoms with Gasteiger partial charge < -0.3 is 16.3 Å². The molecule has 18 heavy (non-hydrogen) atoms. The van der Waals surface area contributed by atoms with Crippen LogP contribution < -0.4 is 11.1 Å². The Morgan fingerprint density at radius 2 is 1.94 bits per heavy atom. The molecule has 0 bridgehead atoms. The van der Waals surface area contributed by atoms with Gasteiger partial charge in [0, 0.05) is 16.7 Å². The molecule has 1 aromatic rings. The number of carbonyl (C=O) groups excluding carboxylic acids is 1. The zero-order valence-corrected chi connectivity index (χ0v) is 10.9. The van der Waals surface area contributed by atoms with E-state index in [1.165, 1.54) is 0 Å². The second kappa shape index (κ2) is 5.53. The number of anilines is 1. The van der Waals surface area contributed by atoms with Gasteiger partial charge in [-0.05, 0) is 30.7 Å². The summed E-state index contributed by atoms with van der Waals surface area (Å²) in [5.41, 5.74) is 6.34. The molecule has 0 fully saturated rings. The van der Waals surface area contributed by atoms with Crippen LogP contribution in [0.4, 0.5) is 5.69 Å². The summed E-state index contributed by atoms with van der Waals surface area (Å²) in [6.45, 7) is 5.77. The molecule has 0 atom stereocenters. The molecule has 0 saturated carbocycles. The van der Waals surface area contributed by atoms with E-state index >= 15 is 0 Å². The summed E-state index contributed by atoms with van der Waals surface area (Å²) in [6.07, 6.45) is 0.765. The van der Waals surface area contributed by atoms with Gasteiger partial charge in [0.05, 0.1) is 0 Å². The van der Waals surface area contributed by atoms with Gasteiger partial charge in [-0.2, -0.15) is 0 Å². The van der Waals surface area contributed by atoms with Gasteiger partial charge in [-0.15, -0.1) is 0 Å². The van der Waals surface area contributed by atoms with Crippen molar-refractivity contribution in [1.29, 1.82) is 0 Å². The van der Waals surface area contributed by atoms with Gasteiger partial charge in [-0.1, -0.05) is 25.9 Å². The lowest BCUT2D eigenvalue weighted by atomic mass is 9.89. The molecule has 0 heterocycles. The Balaban J connectivity index is 2.79. The van der Waals surface area contributed by atoms with Crippen LogP contribution in [0.2, 0.25) is 0 Å². The molecule has 5 nitrogen and oxygen atoms in total. The maximum Gasteiger partial charge on any atom is 0.230 e. The second-order valence-corrected chi connectivity index (χ2v) is 4.75. The quantitative estimate of drug-likeness (QED) is 0.330. The van der Waals surface area contributed by atoms with Crippen LogP contribution in [0.15, 0.2) is 29.4 Å². The molecule has 1 amide bonds. The van der Waals surface area contributed by atoms with E-state index in [1.54, 1.807) is 24.3 Å². The van der Waals surface area contributed by atoms with Crippen molar-refractivity contribution in [2.24, 2.45) is 16.3 Å². The van der Waals surface area contributed by atoms with Crippen molar-refractivity contribution in [3.8, 4) is 0 Å². The molecule has 0 unspecified atom stereocenters. The predicted octanol–water partition coefficient (Wildman–Crippen LogP) is 2.16. The Labute approximate surface area is 107 Å². The standard InChI is InChI=1S/C13H19N3O2/c1-4-13(2,3)12(17)15-10-7-5-9(6-8-10)11(14)16-18/h5-8,18H,4H2,1-3H3,(H2,14,16)(H,15,17). The SMILES string of the molecule is CCC(C)(C)C(=O)Nc1ccc(C(N)=NO)cc1. The number of amidine groups is 1. The Hall–Kier alpha value is -2.04. The van der Waals surface area contributed by atoms with Gasteiger partial charge in [0.15, 0.2) is 5.84 Å². The monoisotopic (exact) mass is 249 g/mol. The fourth-order valence-corrected chi connectivity index (χ4v) is 1.24. The van der Waals surface area contributed by atoms with E-state index in [-0.39, 0.29) is 11.7 Å². The number of oxime groups is 1. The topological polar surface area (TPSA) is 87.7 Å². The lowest BCUT2D eigenvalue weighted by Gasteiger charge is -2.21. The Bertz CT molecular complexity index is 450. The number of hydrogen-bond donors (Lipinski definition) is 3. The molecule has 0 spiro atoms. The highest BCUT2D eigenvalue weighted by molar-refractivity contribution is 5.98. The first-order valence-corrected chi connectivity index (χ1v) is 5.80. The van der Waals surface area contributed by atoms with Crippen molar-refractivity contribution in [2.75, 3.05) is 5.32 Å². The summed E-state index contributed by atoms with van der Waals surface area (Å²) in [4.78, 5) is 11.9. The van der Waals surface area contributed by atoms with Crippen molar-refractivity contribution in [3.63, 3.8) is 0 Å². The fraction of sp³-hybridized carbons (Fsp3) is 0.385. The summed E-state index contributed by atoms with van der Waals surface area (Å²) < 4.78 is 0. The average molecular weight is 249 g/mol. The minimum absolute atomic E-state index is 0.0263. The summed E-state index contributed by atoms with van der Waals surface area (Å²) in [5.74, 6) is 0.0170. The van der Waals surface area contributed by atoms with Crippen molar-refractivity contribution in [3.05, 3.63) is 29.8 Å². The van der Waals surface area contributed by atoms with E-state index in [9.17, 15) is 4.79 Å². The van der Waals surface area contributed by atoms with Gasteiger partial charge in [-0.25, -0.2) is 0 Å². The van der Waals surface area contributed by atoms with E-state index in [2.05, 4.69) is 10.5 Å². The minimum Gasteiger partial charge on any atom is -0.409 e. The van der Waals surface area contributed by atoms with Crippen molar-refractivity contribution >= 4 is 17.4 Å². The normalized spacial score (nSPS) is 12.3. The number of rotatable bonds is 4. The summed E-state index contributed by atoms with van der Waals surface area (Å²) in [7, 11) is 0. The lowest BCUT2D eigenvalue weighted by Crippen LogP contribution is -2.30. The highest BCUT2D eigenvalue weighted by Gasteiger charge is 2.25. The number of carbonyl (C=O) groups is 1. The molecule has 0 aliphatic rings. The van der Waals surface area contributed by atoms with Crippen molar-refractivity contribution in [2.45, 2.75) is 27.2 Å². The van der Waals surface area contributed by atoms with Crippen LogP contribution in [0.1, 0.15) is 32.8 Å². The van der Waals surface area contributed by atoms with Crippen LogP contribution in [0, 0.1) is 5.41 Å². The number of nitrogens with two attached hydrogens (primary N) is 1. The average Bonchev–Trinajstić information content (AvgIpc) is 2.38. The molecule has 0 aliphatic carbocycles. The van der Waals surface area contributed by atoms with E-state index in [0.29, 0.717) is 11.3 Å². The van der Waals surface area contributed by atoms with Gasteiger partial charge >= 0.3 is 0 Å². The third-order valence-corrected chi connectivity index (χ3v) is 3.04. The highest BCUT2D eigenvalue weighted by atomic mass is 16.4. The first-order chi connectivity index (χ1) is 8.40. The first-order valence-electron chi connectivity index (χ1n) is 5.80. The third kappa shape index (κ3) is 3.23. The molecule has 4 N–H and O–H groups in total. The smallest absolute Gasteiger partial charge is 0.230 e. The molecule has 5 heteroatoms. The second-order valence-electron chi connectivity index (χ2n) is 4.75. The molecular weight excluding hydrogens is 230 g/mol. The lowest BCUT2D eigenvalue weighted by molar-refractivity contribution is -0.124. The van der Waals surface area contributed by atoms with Crippen molar-refractivity contribution < 1.29 is 10.0 Å². The highest BCUT2D eigenvalue weighted by Crippen LogP contribution is 2.22. The van der Waals surface area contributed by atoms with E-state index in [1.807, 2.05) is 20.8 Å². The Kier molecular flexibility index (Phi) is 4.31. The molecule has 0 saturated heterocycles. The number of nitrogens with zero attached hydrogens (tertiary/aromatic N) is 1. The molecule has 0 aromatic heterocycles. The number of amides is 1. The van der Waals surface area contributed by atoms with Crippen LogP contribution >= 0.6 is 0 Å². The minimum atomic E-state index is -0.399.